The van der Waals surface area contributed by atoms with E-state index in [0.29, 0.717) is 36.9 Å². The number of ether oxygens (including phenoxy) is 2. The van der Waals surface area contributed by atoms with E-state index >= 15 is 0 Å². The maximum atomic E-state index is 13.8. The van der Waals surface area contributed by atoms with Gasteiger partial charge in [0.05, 0.1) is 48.7 Å². The lowest BCUT2D eigenvalue weighted by atomic mass is 9.92. The molecule has 0 bridgehead atoms. The Morgan fingerprint density at radius 3 is 2.00 bits per heavy atom. The summed E-state index contributed by atoms with van der Waals surface area (Å²) in [5.74, 6) is 0.408. The molecule has 3 aliphatic heterocycles. The number of H-pyrrole nitrogens is 3. The summed E-state index contributed by atoms with van der Waals surface area (Å²) in [5.41, 5.74) is 7.92. The third-order valence-corrected chi connectivity index (χ3v) is 12.8. The smallest absolute Gasteiger partial charge is 0.407 e. The molecule has 4 aromatic heterocycles. The van der Waals surface area contributed by atoms with Gasteiger partial charge in [0.15, 0.2) is 6.10 Å². The van der Waals surface area contributed by atoms with Crippen LogP contribution in [0, 0.1) is 11.8 Å². The highest BCUT2D eigenvalue weighted by molar-refractivity contribution is 6.24. The van der Waals surface area contributed by atoms with Gasteiger partial charge in [0.2, 0.25) is 18.1 Å². The number of nitrogens with zero attached hydrogens (tertiary/aromatic N) is 5. The summed E-state index contributed by atoms with van der Waals surface area (Å²) in [7, 11) is 1.28. The Balaban J connectivity index is 1.01. The number of aromatic amines is 3. The molecule has 2 saturated heterocycles. The predicted octanol–water partition coefficient (Wildman–Crippen LogP) is 6.54. The zero-order chi connectivity index (χ0) is 45.5. The van der Waals surface area contributed by atoms with E-state index in [4.69, 9.17) is 19.4 Å². The molecule has 17 nitrogen and oxygen atoms in total. The number of aldehydes is 1. The largest absolute Gasteiger partial charge is 0.480 e. The van der Waals surface area contributed by atoms with E-state index in [1.807, 2.05) is 70.3 Å². The number of imidazole rings is 2. The van der Waals surface area contributed by atoms with Gasteiger partial charge in [-0.25, -0.2) is 14.8 Å². The van der Waals surface area contributed by atoms with Crippen LogP contribution in [0.4, 0.5) is 4.79 Å². The highest BCUT2D eigenvalue weighted by Gasteiger charge is 2.39. The second-order valence-electron chi connectivity index (χ2n) is 17.6. The number of carbonyl (C=O) groups excluding carboxylic acids is 5. The molecule has 65 heavy (non-hydrogen) atoms. The summed E-state index contributed by atoms with van der Waals surface area (Å²) in [4.78, 5) is 90.8. The minimum Gasteiger partial charge on any atom is -0.480 e. The summed E-state index contributed by atoms with van der Waals surface area (Å²) in [6, 6.07) is 14.0. The van der Waals surface area contributed by atoms with E-state index in [9.17, 15) is 24.0 Å². The number of likely N-dealkylation sites (tertiary alicyclic amines) is 2. The minimum atomic E-state index is -0.831. The van der Waals surface area contributed by atoms with Crippen LogP contribution in [-0.4, -0.2) is 102 Å². The number of aromatic nitrogens is 6. The van der Waals surface area contributed by atoms with Crippen LogP contribution in [0.3, 0.4) is 0 Å². The summed E-state index contributed by atoms with van der Waals surface area (Å²) in [6.07, 6.45) is 9.19. The van der Waals surface area contributed by atoms with Crippen LogP contribution >= 0.6 is 0 Å². The Labute approximate surface area is 375 Å². The fourth-order valence-electron chi connectivity index (χ4n) is 9.50. The van der Waals surface area contributed by atoms with E-state index in [2.05, 4.69) is 42.7 Å². The number of methoxy groups -OCH3 is 1. The zero-order valence-electron chi connectivity index (χ0n) is 36.9. The second-order valence-corrected chi connectivity index (χ2v) is 17.6. The highest BCUT2D eigenvalue weighted by Crippen LogP contribution is 2.49. The first-order valence-corrected chi connectivity index (χ1v) is 22.1. The molecule has 3 aliphatic rings. The van der Waals surface area contributed by atoms with Crippen molar-refractivity contribution in [1.82, 2.24) is 50.3 Å². The van der Waals surface area contributed by atoms with Gasteiger partial charge in [-0.05, 0) is 67.9 Å². The maximum Gasteiger partial charge on any atom is 0.407 e. The normalized spacial score (nSPS) is 18.8. The van der Waals surface area contributed by atoms with Crippen LogP contribution < -0.4 is 15.4 Å². The van der Waals surface area contributed by atoms with Crippen LogP contribution in [0.2, 0.25) is 0 Å². The molecule has 2 aromatic carbocycles. The van der Waals surface area contributed by atoms with E-state index in [1.54, 1.807) is 28.4 Å². The lowest BCUT2D eigenvalue weighted by molar-refractivity contribution is -0.140. The molecule has 0 aliphatic carbocycles. The van der Waals surface area contributed by atoms with Crippen LogP contribution in [0.15, 0.2) is 73.3 Å². The van der Waals surface area contributed by atoms with Crippen molar-refractivity contribution in [2.45, 2.75) is 83.6 Å². The molecule has 3 unspecified atom stereocenters. The van der Waals surface area contributed by atoms with Gasteiger partial charge in [-0.3, -0.25) is 24.2 Å². The lowest BCUT2D eigenvalue weighted by Gasteiger charge is -2.30. The van der Waals surface area contributed by atoms with Gasteiger partial charge in [-0.15, -0.1) is 0 Å². The van der Waals surface area contributed by atoms with Crippen LogP contribution in [-0.2, 0) is 23.9 Å². The number of benzene rings is 2. The molecule has 0 saturated carbocycles. The van der Waals surface area contributed by atoms with Crippen molar-refractivity contribution in [2.75, 3.05) is 20.2 Å². The first-order valence-electron chi connectivity index (χ1n) is 22.1. The third kappa shape index (κ3) is 8.10. The molecule has 17 heteroatoms. The van der Waals surface area contributed by atoms with Crippen molar-refractivity contribution in [2.24, 2.45) is 11.8 Å². The SMILES string of the molecule is COC(=O)NC(C(=O)N1CCC[C@H]1c1ncc(-c2ccc3[nH]c4c(c3c2)C(c2cccnc2)Oc2cc(-c3cnc([C@@H]5CCCN5C(=O)C(NC(=O)C=O)C(C)C)[nH]3)ccc2-4)[nH]1)C(C)C. The number of hydrogen-bond donors (Lipinski definition) is 5. The molecule has 4 amide bonds. The average molecular weight is 881 g/mol. The fourth-order valence-corrected chi connectivity index (χ4v) is 9.50. The van der Waals surface area contributed by atoms with Crippen molar-refractivity contribution < 1.29 is 33.4 Å². The van der Waals surface area contributed by atoms with Crippen molar-refractivity contribution in [3.05, 3.63) is 96.1 Å². The van der Waals surface area contributed by atoms with Gasteiger partial charge < -0.3 is 44.9 Å². The summed E-state index contributed by atoms with van der Waals surface area (Å²) in [6.45, 7) is 8.53. The fraction of sp³-hybridized carbons (Fsp3) is 0.375. The number of nitrogens with one attached hydrogen (secondary N) is 5. The molecule has 6 aromatic rings. The van der Waals surface area contributed by atoms with E-state index in [-0.39, 0.29) is 42.0 Å². The Morgan fingerprint density at radius 2 is 1.42 bits per heavy atom. The Kier molecular flexibility index (Phi) is 11.7. The third-order valence-electron chi connectivity index (χ3n) is 12.8. The molecule has 336 valence electrons. The Morgan fingerprint density at radius 1 is 0.800 bits per heavy atom. The van der Waals surface area contributed by atoms with Crippen molar-refractivity contribution >= 4 is 41.0 Å². The number of fused-ring (bicyclic) bond motifs is 5. The molecule has 7 heterocycles. The molecule has 5 N–H and O–H groups in total. The van der Waals surface area contributed by atoms with Crippen LogP contribution in [0.1, 0.15) is 94.3 Å². The number of pyridine rings is 1. The van der Waals surface area contributed by atoms with Gasteiger partial charge in [0.25, 0.3) is 5.91 Å². The quantitative estimate of drug-likeness (QED) is 0.0660. The molecule has 9 rings (SSSR count). The van der Waals surface area contributed by atoms with Crippen molar-refractivity contribution in [1.29, 1.82) is 0 Å². The zero-order valence-corrected chi connectivity index (χ0v) is 36.9. The molecule has 0 spiro atoms. The van der Waals surface area contributed by atoms with Crippen LogP contribution in [0.25, 0.3) is 44.7 Å². The van der Waals surface area contributed by atoms with Gasteiger partial charge in [-0.2, -0.15) is 0 Å². The molecule has 5 atom stereocenters. The summed E-state index contributed by atoms with van der Waals surface area (Å²) in [5, 5.41) is 6.25. The lowest BCUT2D eigenvalue weighted by Crippen LogP contribution is -2.51. The van der Waals surface area contributed by atoms with Gasteiger partial charge in [0, 0.05) is 64.2 Å². The van der Waals surface area contributed by atoms with E-state index in [1.165, 1.54) is 7.11 Å². The number of carbonyl (C=O) groups is 5. The number of amides is 4. The first kappa shape index (κ1) is 43.0. The van der Waals surface area contributed by atoms with Gasteiger partial charge >= 0.3 is 6.09 Å². The second kappa shape index (κ2) is 17.7. The summed E-state index contributed by atoms with van der Waals surface area (Å²) < 4.78 is 11.7. The van der Waals surface area contributed by atoms with Crippen LogP contribution in [0.5, 0.6) is 5.75 Å². The first-order chi connectivity index (χ1) is 31.4. The molecular formula is C48H52N10O7. The molecule has 0 radical (unpaired) electrons. The molecular weight excluding hydrogens is 829 g/mol. The Bertz CT molecular complexity index is 2780. The van der Waals surface area contributed by atoms with E-state index < -0.39 is 30.2 Å². The van der Waals surface area contributed by atoms with Crippen molar-refractivity contribution in [3.8, 4) is 39.5 Å². The number of alkyl carbamates (subject to hydrolysis) is 1. The number of rotatable bonds is 12. The highest BCUT2D eigenvalue weighted by atomic mass is 16.5. The predicted molar refractivity (Wildman–Crippen MR) is 240 cm³/mol. The molecule has 2 fully saturated rings. The average Bonchev–Trinajstić information content (AvgIpc) is 4.18. The standard InChI is InChI=1S/C48H52N10O7/c1-25(2)40(55-38(60)24-59)46(61)57-17-7-10-35(57)45-51-23-34(54-45)28-12-14-30-37(20-28)65-43(29-9-6-16-49-21-29)39-31-19-27(13-15-32(31)52-42(30)39)33-22-50-44(53-33)36-11-8-18-58(36)47(62)41(26(3)4)56-48(63)64-5/h6,9,12-16,19-26,35-36,40-41,43,52H,7-8,10-11,17-18H2,1-5H3,(H,50,53)(H,51,54)(H,55,60)(H,56,63)/t35-,36-,40?,41?,43?/m0/s1. The van der Waals surface area contributed by atoms with Crippen molar-refractivity contribution in [3.63, 3.8) is 0 Å². The number of hydrogen-bond acceptors (Lipinski definition) is 10. The van der Waals surface area contributed by atoms with E-state index in [0.717, 1.165) is 75.1 Å². The minimum absolute atomic E-state index is 0.140. The Hall–Kier alpha value is -7.30. The summed E-state index contributed by atoms with van der Waals surface area (Å²) >= 11 is 0. The maximum absolute atomic E-state index is 13.8. The van der Waals surface area contributed by atoms with Gasteiger partial charge in [0.1, 0.15) is 29.5 Å². The monoisotopic (exact) mass is 880 g/mol. The topological polar surface area (TPSA) is 220 Å². The van der Waals surface area contributed by atoms with Gasteiger partial charge in [-0.1, -0.05) is 45.9 Å².